The molecule has 0 amide bonds. The van der Waals surface area contributed by atoms with Crippen LogP contribution in [0.3, 0.4) is 0 Å². The molecule has 2 aromatic rings. The number of rotatable bonds is 0. The molecule has 2 aliphatic carbocycles. The number of ketones is 1. The number of hydrogen-bond donors (Lipinski definition) is 0. The Hall–Kier alpha value is -1.63. The van der Waals surface area contributed by atoms with Crippen molar-refractivity contribution in [3.8, 4) is 0 Å². The second-order valence-corrected chi connectivity index (χ2v) is 6.15. The highest BCUT2D eigenvalue weighted by Gasteiger charge is 2.44. The van der Waals surface area contributed by atoms with Gasteiger partial charge in [-0.1, -0.05) is 55.7 Å². The smallest absolute Gasteiger partial charge is 0.164 e. The molecule has 0 atom stereocenters. The summed E-state index contributed by atoms with van der Waals surface area (Å²) in [4.78, 5) is 12.4. The van der Waals surface area contributed by atoms with Gasteiger partial charge >= 0.3 is 0 Å². The van der Waals surface area contributed by atoms with Gasteiger partial charge in [-0.05, 0) is 29.2 Å². The maximum absolute atomic E-state index is 12.4. The number of carbonyl (C=O) groups is 1. The molecule has 4 rings (SSSR count). The molecule has 0 N–H and O–H groups in total. The molecule has 2 aromatic carbocycles. The first-order chi connectivity index (χ1) is 9.30. The maximum Gasteiger partial charge on any atom is 0.164 e. The summed E-state index contributed by atoms with van der Waals surface area (Å²) >= 11 is 0. The van der Waals surface area contributed by atoms with Crippen LogP contribution < -0.4 is 0 Å². The van der Waals surface area contributed by atoms with Crippen LogP contribution in [0.2, 0.25) is 0 Å². The molecule has 1 fully saturated rings. The third-order valence-corrected chi connectivity index (χ3v) is 5.07. The Morgan fingerprint density at radius 1 is 0.895 bits per heavy atom. The van der Waals surface area contributed by atoms with Gasteiger partial charge in [0, 0.05) is 17.4 Å². The van der Waals surface area contributed by atoms with Crippen LogP contribution in [0, 0.1) is 0 Å². The number of fused-ring (bicyclic) bond motifs is 4. The van der Waals surface area contributed by atoms with Crippen LogP contribution in [0.5, 0.6) is 0 Å². The van der Waals surface area contributed by atoms with Crippen LogP contribution in [0.15, 0.2) is 36.4 Å². The Morgan fingerprint density at radius 3 is 2.53 bits per heavy atom. The van der Waals surface area contributed by atoms with E-state index in [9.17, 15) is 4.79 Å². The molecule has 0 radical (unpaired) electrons. The highest BCUT2D eigenvalue weighted by molar-refractivity contribution is 6.07. The summed E-state index contributed by atoms with van der Waals surface area (Å²) in [5.41, 5.74) is 2.53. The highest BCUT2D eigenvalue weighted by atomic mass is 16.1. The van der Waals surface area contributed by atoms with Crippen LogP contribution >= 0.6 is 0 Å². The topological polar surface area (TPSA) is 17.1 Å². The van der Waals surface area contributed by atoms with Crippen LogP contribution in [-0.4, -0.2) is 5.78 Å². The fourth-order valence-corrected chi connectivity index (χ4v) is 4.22. The number of hydrogen-bond acceptors (Lipinski definition) is 1. The molecule has 0 aliphatic heterocycles. The van der Waals surface area contributed by atoms with Crippen molar-refractivity contribution in [2.24, 2.45) is 0 Å². The first-order valence-corrected chi connectivity index (χ1v) is 7.36. The molecule has 19 heavy (non-hydrogen) atoms. The Morgan fingerprint density at radius 2 is 1.68 bits per heavy atom. The van der Waals surface area contributed by atoms with Crippen LogP contribution in [0.1, 0.15) is 54.4 Å². The van der Waals surface area contributed by atoms with Gasteiger partial charge in [0.15, 0.2) is 5.78 Å². The molecule has 0 bridgehead atoms. The first kappa shape index (κ1) is 11.2. The average Bonchev–Trinajstić information content (AvgIpc) is 2.73. The summed E-state index contributed by atoms with van der Waals surface area (Å²) in [6.45, 7) is 0. The number of benzene rings is 2. The van der Waals surface area contributed by atoms with E-state index >= 15 is 0 Å². The van der Waals surface area contributed by atoms with E-state index in [0.29, 0.717) is 5.78 Å². The van der Waals surface area contributed by atoms with Crippen LogP contribution in [0.25, 0.3) is 10.8 Å². The first-order valence-electron chi connectivity index (χ1n) is 7.36. The molecule has 0 unspecified atom stereocenters. The Bertz CT molecular complexity index is 662. The molecule has 0 saturated heterocycles. The van der Waals surface area contributed by atoms with Gasteiger partial charge in [0.05, 0.1) is 0 Å². The Labute approximate surface area is 113 Å². The summed E-state index contributed by atoms with van der Waals surface area (Å²) < 4.78 is 0. The number of Topliss-reactive ketones (excluding diaryl/α,β-unsaturated/α-hetero) is 1. The van der Waals surface area contributed by atoms with Crippen molar-refractivity contribution in [3.05, 3.63) is 47.5 Å². The molecule has 1 spiro atoms. The van der Waals surface area contributed by atoms with Crippen molar-refractivity contribution in [1.29, 1.82) is 0 Å². The van der Waals surface area contributed by atoms with Gasteiger partial charge in [-0.3, -0.25) is 4.79 Å². The lowest BCUT2D eigenvalue weighted by atomic mass is 9.69. The van der Waals surface area contributed by atoms with E-state index in [4.69, 9.17) is 0 Å². The van der Waals surface area contributed by atoms with E-state index in [-0.39, 0.29) is 5.41 Å². The Kier molecular flexibility index (Phi) is 2.32. The molecule has 1 heteroatoms. The van der Waals surface area contributed by atoms with Gasteiger partial charge < -0.3 is 0 Å². The monoisotopic (exact) mass is 250 g/mol. The molecule has 1 nitrogen and oxygen atoms in total. The van der Waals surface area contributed by atoms with E-state index in [1.807, 2.05) is 0 Å². The molecule has 0 heterocycles. The summed E-state index contributed by atoms with van der Waals surface area (Å²) in [7, 11) is 0. The van der Waals surface area contributed by atoms with Crippen molar-refractivity contribution in [2.45, 2.75) is 43.9 Å². The van der Waals surface area contributed by atoms with Gasteiger partial charge in [-0.15, -0.1) is 0 Å². The molecular weight excluding hydrogens is 232 g/mol. The lowest BCUT2D eigenvalue weighted by Gasteiger charge is -2.34. The maximum atomic E-state index is 12.4. The second-order valence-electron chi connectivity index (χ2n) is 6.15. The highest BCUT2D eigenvalue weighted by Crippen LogP contribution is 2.50. The summed E-state index contributed by atoms with van der Waals surface area (Å²) in [6, 6.07) is 12.7. The third kappa shape index (κ3) is 1.51. The zero-order valence-electron chi connectivity index (χ0n) is 11.1. The molecule has 0 aromatic heterocycles. The molecule has 96 valence electrons. The van der Waals surface area contributed by atoms with Gasteiger partial charge in [0.1, 0.15) is 0 Å². The van der Waals surface area contributed by atoms with Gasteiger partial charge in [-0.2, -0.15) is 0 Å². The summed E-state index contributed by atoms with van der Waals surface area (Å²) in [5.74, 6) is 0.364. The van der Waals surface area contributed by atoms with Crippen molar-refractivity contribution in [3.63, 3.8) is 0 Å². The minimum absolute atomic E-state index is 0.158. The third-order valence-electron chi connectivity index (χ3n) is 5.07. The SMILES string of the molecule is O=C1CC2(CCCCC2)c2c1ccc1ccccc21. The zero-order chi connectivity index (χ0) is 12.9. The van der Waals surface area contributed by atoms with Gasteiger partial charge in [0.2, 0.25) is 0 Å². The lowest BCUT2D eigenvalue weighted by Crippen LogP contribution is -2.26. The van der Waals surface area contributed by atoms with E-state index in [0.717, 1.165) is 12.0 Å². The predicted molar refractivity (Wildman–Crippen MR) is 77.7 cm³/mol. The lowest BCUT2D eigenvalue weighted by molar-refractivity contribution is 0.0962. The van der Waals surface area contributed by atoms with Gasteiger partial charge in [0.25, 0.3) is 0 Å². The minimum atomic E-state index is 0.158. The Balaban J connectivity index is 2.03. The zero-order valence-corrected chi connectivity index (χ0v) is 11.1. The van der Waals surface area contributed by atoms with Crippen molar-refractivity contribution >= 4 is 16.6 Å². The predicted octanol–water partition coefficient (Wildman–Crippen LogP) is 4.63. The van der Waals surface area contributed by atoms with E-state index in [1.54, 1.807) is 0 Å². The standard InChI is InChI=1S/C18H18O/c19-16-12-18(10-4-1-5-11-18)17-14-7-3-2-6-13(14)8-9-15(16)17/h2-3,6-9H,1,4-5,10-12H2. The normalized spacial score (nSPS) is 20.9. The van der Waals surface area contributed by atoms with E-state index in [2.05, 4.69) is 36.4 Å². The van der Waals surface area contributed by atoms with E-state index in [1.165, 1.54) is 48.4 Å². The minimum Gasteiger partial charge on any atom is -0.294 e. The summed E-state index contributed by atoms with van der Waals surface area (Å²) in [5, 5.41) is 2.59. The quantitative estimate of drug-likeness (QED) is 0.666. The van der Waals surface area contributed by atoms with Crippen LogP contribution in [-0.2, 0) is 5.41 Å². The van der Waals surface area contributed by atoms with Crippen molar-refractivity contribution < 1.29 is 4.79 Å². The largest absolute Gasteiger partial charge is 0.294 e. The van der Waals surface area contributed by atoms with E-state index < -0.39 is 0 Å². The summed E-state index contributed by atoms with van der Waals surface area (Å²) in [6.07, 6.45) is 7.01. The van der Waals surface area contributed by atoms with Crippen molar-refractivity contribution in [1.82, 2.24) is 0 Å². The number of carbonyl (C=O) groups excluding carboxylic acids is 1. The second kappa shape index (κ2) is 3.93. The van der Waals surface area contributed by atoms with Crippen molar-refractivity contribution in [2.75, 3.05) is 0 Å². The molecule has 2 aliphatic rings. The van der Waals surface area contributed by atoms with Gasteiger partial charge in [-0.25, -0.2) is 0 Å². The average molecular weight is 250 g/mol. The van der Waals surface area contributed by atoms with Crippen LogP contribution in [0.4, 0.5) is 0 Å². The fourth-order valence-electron chi connectivity index (χ4n) is 4.22. The fraction of sp³-hybridized carbons (Fsp3) is 0.389. The molecular formula is C18H18O. The molecule has 1 saturated carbocycles.